The van der Waals surface area contributed by atoms with Gasteiger partial charge in [-0.05, 0) is 37.3 Å². The minimum Gasteiger partial charge on any atom is -0.478 e. The molecule has 8 nitrogen and oxygen atoms in total. The summed E-state index contributed by atoms with van der Waals surface area (Å²) in [5.41, 5.74) is 0.767. The quantitative estimate of drug-likeness (QED) is 0.547. The van der Waals surface area contributed by atoms with Crippen LogP contribution in [0, 0.1) is 6.92 Å². The number of nitrogens with one attached hydrogen (secondary N) is 2. The maximum absolute atomic E-state index is 12.1. The Morgan fingerprint density at radius 1 is 0.741 bits per heavy atom. The molecule has 0 aliphatic heterocycles. The number of aromatic carboxylic acids is 2. The van der Waals surface area contributed by atoms with E-state index in [0.717, 1.165) is 23.8 Å². The number of amides is 2. The van der Waals surface area contributed by atoms with E-state index >= 15 is 0 Å². The third-order valence-corrected chi connectivity index (χ3v) is 3.67. The van der Waals surface area contributed by atoms with Gasteiger partial charge < -0.3 is 20.8 Å². The van der Waals surface area contributed by atoms with Crippen LogP contribution in [0.15, 0.2) is 42.5 Å². The highest BCUT2D eigenvalue weighted by Crippen LogP contribution is 2.11. The molecule has 140 valence electrons. The van der Waals surface area contributed by atoms with Gasteiger partial charge in [0.15, 0.2) is 0 Å². The Balaban J connectivity index is 1.95. The van der Waals surface area contributed by atoms with Crippen LogP contribution in [-0.2, 0) is 0 Å². The molecule has 2 aromatic rings. The van der Waals surface area contributed by atoms with Gasteiger partial charge in [0.05, 0.1) is 11.1 Å². The number of benzene rings is 2. The zero-order valence-electron chi connectivity index (χ0n) is 14.5. The van der Waals surface area contributed by atoms with Crippen LogP contribution in [0.4, 0.5) is 0 Å². The van der Waals surface area contributed by atoms with Gasteiger partial charge in [-0.1, -0.05) is 17.7 Å². The second-order valence-corrected chi connectivity index (χ2v) is 5.79. The summed E-state index contributed by atoms with van der Waals surface area (Å²) < 4.78 is 0. The third-order valence-electron chi connectivity index (χ3n) is 3.67. The molecule has 0 atom stereocenters. The fourth-order valence-electron chi connectivity index (χ4n) is 2.35. The average molecular weight is 370 g/mol. The Hall–Kier alpha value is -3.68. The van der Waals surface area contributed by atoms with Crippen LogP contribution in [0.1, 0.15) is 47.0 Å². The lowest BCUT2D eigenvalue weighted by molar-refractivity contribution is 0.0696. The van der Waals surface area contributed by atoms with Crippen LogP contribution >= 0.6 is 0 Å². The van der Waals surface area contributed by atoms with Crippen LogP contribution in [-0.4, -0.2) is 47.1 Å². The fourth-order valence-corrected chi connectivity index (χ4v) is 2.35. The van der Waals surface area contributed by atoms with E-state index in [1.54, 1.807) is 18.2 Å². The van der Waals surface area contributed by atoms with Gasteiger partial charge in [0.1, 0.15) is 0 Å². The highest BCUT2D eigenvalue weighted by Gasteiger charge is 2.15. The van der Waals surface area contributed by atoms with Gasteiger partial charge in [0, 0.05) is 24.2 Å². The monoisotopic (exact) mass is 370 g/mol. The van der Waals surface area contributed by atoms with E-state index in [1.807, 2.05) is 13.0 Å². The molecule has 0 aliphatic rings. The fraction of sp³-hybridized carbons (Fsp3) is 0.158. The molecule has 0 fully saturated rings. The lowest BCUT2D eigenvalue weighted by Gasteiger charge is -2.09. The number of carboxylic acids is 2. The topological polar surface area (TPSA) is 133 Å². The van der Waals surface area contributed by atoms with Crippen LogP contribution < -0.4 is 10.6 Å². The van der Waals surface area contributed by atoms with Crippen LogP contribution in [0.2, 0.25) is 0 Å². The predicted molar refractivity (Wildman–Crippen MR) is 96.2 cm³/mol. The van der Waals surface area contributed by atoms with Gasteiger partial charge in [0.2, 0.25) is 0 Å². The number of hydrogen-bond donors (Lipinski definition) is 4. The summed E-state index contributed by atoms with van der Waals surface area (Å²) in [7, 11) is 0. The van der Waals surface area contributed by atoms with Crippen LogP contribution in [0.5, 0.6) is 0 Å². The molecule has 0 saturated carbocycles. The number of rotatable bonds is 7. The van der Waals surface area contributed by atoms with Crippen molar-refractivity contribution < 1.29 is 29.4 Å². The minimum atomic E-state index is -1.34. The van der Waals surface area contributed by atoms with Crippen molar-refractivity contribution in [3.8, 4) is 0 Å². The van der Waals surface area contributed by atoms with E-state index in [4.69, 9.17) is 10.2 Å². The predicted octanol–water partition coefficient (Wildman–Crippen LogP) is 1.55. The van der Waals surface area contributed by atoms with Gasteiger partial charge in [-0.15, -0.1) is 0 Å². The standard InChI is InChI=1S/C19H18N2O6/c1-11-3-2-4-12(7-11)16(22)20-5-6-21-17(23)13-8-14(18(24)25)10-15(9-13)19(26)27/h2-4,7-10H,5-6H2,1H3,(H,20,22)(H,21,23)(H,24,25)(H,26,27). The summed E-state index contributed by atoms with van der Waals surface area (Å²) in [4.78, 5) is 46.3. The van der Waals surface area contributed by atoms with Crippen molar-refractivity contribution in [3.05, 3.63) is 70.3 Å². The van der Waals surface area contributed by atoms with Crippen molar-refractivity contribution in [2.75, 3.05) is 13.1 Å². The molecular formula is C19H18N2O6. The summed E-state index contributed by atoms with van der Waals surface area (Å²) >= 11 is 0. The average Bonchev–Trinajstić information content (AvgIpc) is 2.64. The van der Waals surface area contributed by atoms with Gasteiger partial charge in [0.25, 0.3) is 11.8 Å². The second-order valence-electron chi connectivity index (χ2n) is 5.79. The molecule has 0 radical (unpaired) electrons. The van der Waals surface area contributed by atoms with Gasteiger partial charge in [-0.3, -0.25) is 9.59 Å². The molecule has 0 aromatic heterocycles. The number of carboxylic acid groups (broad SMARTS) is 2. The van der Waals surface area contributed by atoms with Gasteiger partial charge >= 0.3 is 11.9 Å². The minimum absolute atomic E-state index is 0.0858. The Morgan fingerprint density at radius 2 is 1.22 bits per heavy atom. The lowest BCUT2D eigenvalue weighted by atomic mass is 10.1. The van der Waals surface area contributed by atoms with E-state index in [9.17, 15) is 19.2 Å². The van der Waals surface area contributed by atoms with Crippen LogP contribution in [0.3, 0.4) is 0 Å². The highest BCUT2D eigenvalue weighted by atomic mass is 16.4. The molecule has 4 N–H and O–H groups in total. The molecule has 0 unspecified atom stereocenters. The first kappa shape index (κ1) is 19.6. The summed E-state index contributed by atoms with van der Waals surface area (Å²) in [5.74, 6) is -3.59. The van der Waals surface area contributed by atoms with Crippen molar-refractivity contribution in [3.63, 3.8) is 0 Å². The first-order valence-corrected chi connectivity index (χ1v) is 8.02. The first-order chi connectivity index (χ1) is 12.8. The number of hydrogen-bond acceptors (Lipinski definition) is 4. The molecular weight excluding hydrogens is 352 g/mol. The smallest absolute Gasteiger partial charge is 0.335 e. The summed E-state index contributed by atoms with van der Waals surface area (Å²) in [6.45, 7) is 2.12. The van der Waals surface area contributed by atoms with E-state index in [2.05, 4.69) is 10.6 Å². The Morgan fingerprint density at radius 3 is 1.70 bits per heavy atom. The molecule has 0 aliphatic carbocycles. The molecule has 2 amide bonds. The lowest BCUT2D eigenvalue weighted by Crippen LogP contribution is -2.34. The largest absolute Gasteiger partial charge is 0.478 e. The maximum atomic E-state index is 12.1. The van der Waals surface area contributed by atoms with E-state index < -0.39 is 17.8 Å². The first-order valence-electron chi connectivity index (χ1n) is 8.02. The third kappa shape index (κ3) is 5.40. The molecule has 0 heterocycles. The Labute approximate surface area is 154 Å². The highest BCUT2D eigenvalue weighted by molar-refractivity contribution is 6.01. The molecule has 8 heteroatoms. The molecule has 2 aromatic carbocycles. The normalized spacial score (nSPS) is 10.1. The van der Waals surface area contributed by atoms with Crippen molar-refractivity contribution in [1.29, 1.82) is 0 Å². The van der Waals surface area contributed by atoms with Crippen molar-refractivity contribution in [1.82, 2.24) is 10.6 Å². The molecule has 27 heavy (non-hydrogen) atoms. The van der Waals surface area contributed by atoms with Crippen molar-refractivity contribution in [2.45, 2.75) is 6.92 Å². The number of carbonyl (C=O) groups is 4. The van der Waals surface area contributed by atoms with E-state index in [0.29, 0.717) is 5.56 Å². The molecule has 2 rings (SSSR count). The van der Waals surface area contributed by atoms with Crippen molar-refractivity contribution >= 4 is 23.8 Å². The zero-order valence-corrected chi connectivity index (χ0v) is 14.5. The van der Waals surface area contributed by atoms with Gasteiger partial charge in [-0.2, -0.15) is 0 Å². The van der Waals surface area contributed by atoms with Gasteiger partial charge in [-0.25, -0.2) is 9.59 Å². The van der Waals surface area contributed by atoms with E-state index in [-0.39, 0.29) is 35.7 Å². The summed E-state index contributed by atoms with van der Waals surface area (Å²) in [6, 6.07) is 10.2. The maximum Gasteiger partial charge on any atom is 0.335 e. The number of carbonyl (C=O) groups excluding carboxylic acids is 2. The molecule has 0 bridgehead atoms. The summed E-state index contributed by atoms with van der Waals surface area (Å²) in [5, 5.41) is 23.2. The zero-order chi connectivity index (χ0) is 20.0. The Bertz CT molecular complexity index is 875. The van der Waals surface area contributed by atoms with Crippen LogP contribution in [0.25, 0.3) is 0 Å². The second kappa shape index (κ2) is 8.61. The number of aryl methyl sites for hydroxylation is 1. The molecule has 0 saturated heterocycles. The van der Waals surface area contributed by atoms with Crippen molar-refractivity contribution in [2.24, 2.45) is 0 Å². The Kier molecular flexibility index (Phi) is 6.27. The van der Waals surface area contributed by atoms with E-state index in [1.165, 1.54) is 0 Å². The molecule has 0 spiro atoms. The SMILES string of the molecule is Cc1cccc(C(=O)NCCNC(=O)c2cc(C(=O)O)cc(C(=O)O)c2)c1. The summed E-state index contributed by atoms with van der Waals surface area (Å²) in [6.07, 6.45) is 0.